The van der Waals surface area contributed by atoms with Gasteiger partial charge in [0.25, 0.3) is 5.91 Å². The van der Waals surface area contributed by atoms with Gasteiger partial charge in [-0.1, -0.05) is 12.1 Å². The van der Waals surface area contributed by atoms with E-state index in [9.17, 15) is 14.4 Å². The van der Waals surface area contributed by atoms with Crippen LogP contribution in [0.2, 0.25) is 0 Å². The number of Topliss-reactive ketones (excluding diaryl/α,β-unsaturated/α-hetero) is 1. The van der Waals surface area contributed by atoms with E-state index in [4.69, 9.17) is 0 Å². The van der Waals surface area contributed by atoms with Crippen LogP contribution in [0.1, 0.15) is 31.1 Å². The Bertz CT molecular complexity index is 607. The van der Waals surface area contributed by atoms with E-state index in [2.05, 4.69) is 5.32 Å². The highest BCUT2D eigenvalue weighted by Gasteiger charge is 2.29. The molecule has 0 aliphatic carbocycles. The van der Waals surface area contributed by atoms with Gasteiger partial charge in [-0.25, -0.2) is 0 Å². The molecule has 0 saturated carbocycles. The van der Waals surface area contributed by atoms with Gasteiger partial charge in [0.2, 0.25) is 5.91 Å². The predicted octanol–water partition coefficient (Wildman–Crippen LogP) is -0.0368. The minimum Gasteiger partial charge on any atom is -0.332 e. The van der Waals surface area contributed by atoms with Crippen LogP contribution in [0.15, 0.2) is 24.3 Å². The number of nitrogens with zero attached hydrogens (tertiary/aromatic N) is 1. The summed E-state index contributed by atoms with van der Waals surface area (Å²) in [6.07, 6.45) is 0. The van der Waals surface area contributed by atoms with E-state index < -0.39 is 0 Å². The van der Waals surface area contributed by atoms with E-state index in [1.807, 2.05) is 11.8 Å². The van der Waals surface area contributed by atoms with Crippen LogP contribution >= 0.6 is 0 Å². The van der Waals surface area contributed by atoms with Crippen molar-refractivity contribution in [3.05, 3.63) is 29.8 Å². The maximum Gasteiger partial charge on any atom is 0.282 e. The Hall–Kier alpha value is -2.21. The standard InChI is InChI=1S/C17H23N3O3/c1-12(19-7-9-20(10-8-19)14(3)22)17(23)18-16-6-4-5-15(11-16)13(2)21/h4-6,11-12H,7-10H2,1-3H3,(H,18,23)/p+1/t12-/m1/s1. The van der Waals surface area contributed by atoms with Crippen LogP contribution in [-0.4, -0.2) is 54.7 Å². The van der Waals surface area contributed by atoms with Crippen LogP contribution in [0.3, 0.4) is 0 Å². The fraction of sp³-hybridized carbons (Fsp3) is 0.471. The summed E-state index contributed by atoms with van der Waals surface area (Å²) in [7, 11) is 0. The number of piperazine rings is 1. The van der Waals surface area contributed by atoms with Crippen molar-refractivity contribution in [3.8, 4) is 0 Å². The zero-order valence-electron chi connectivity index (χ0n) is 13.9. The first-order valence-electron chi connectivity index (χ1n) is 7.90. The number of carbonyl (C=O) groups is 3. The maximum absolute atomic E-state index is 12.4. The van der Waals surface area contributed by atoms with Crippen LogP contribution in [-0.2, 0) is 9.59 Å². The van der Waals surface area contributed by atoms with Crippen molar-refractivity contribution in [2.45, 2.75) is 26.8 Å². The van der Waals surface area contributed by atoms with E-state index >= 15 is 0 Å². The molecule has 6 nitrogen and oxygen atoms in total. The van der Waals surface area contributed by atoms with Crippen molar-refractivity contribution in [1.82, 2.24) is 4.90 Å². The number of nitrogens with one attached hydrogen (secondary N) is 2. The van der Waals surface area contributed by atoms with E-state index in [-0.39, 0.29) is 23.6 Å². The molecule has 1 aliphatic rings. The summed E-state index contributed by atoms with van der Waals surface area (Å²) in [6, 6.07) is 6.75. The van der Waals surface area contributed by atoms with Gasteiger partial charge in [-0.15, -0.1) is 0 Å². The molecule has 0 aromatic heterocycles. The molecular formula is C17H24N3O3+. The molecule has 0 radical (unpaired) electrons. The molecule has 1 aliphatic heterocycles. The highest BCUT2D eigenvalue weighted by molar-refractivity contribution is 5.97. The Labute approximate surface area is 136 Å². The van der Waals surface area contributed by atoms with E-state index in [1.165, 1.54) is 11.8 Å². The fourth-order valence-electron chi connectivity index (χ4n) is 2.79. The molecule has 0 unspecified atom stereocenters. The van der Waals surface area contributed by atoms with E-state index in [0.717, 1.165) is 13.1 Å². The Morgan fingerprint density at radius 2 is 1.83 bits per heavy atom. The van der Waals surface area contributed by atoms with Gasteiger partial charge < -0.3 is 15.1 Å². The molecule has 6 heteroatoms. The first kappa shape index (κ1) is 17.1. The lowest BCUT2D eigenvalue weighted by Gasteiger charge is -2.34. The lowest BCUT2D eigenvalue weighted by Crippen LogP contribution is -3.19. The number of hydrogen-bond acceptors (Lipinski definition) is 3. The Kier molecular flexibility index (Phi) is 5.50. The SMILES string of the molecule is CC(=O)c1cccc(NC(=O)[C@@H](C)[NH+]2CCN(C(C)=O)CC2)c1. The van der Waals surface area contributed by atoms with Crippen LogP contribution in [0.5, 0.6) is 0 Å². The first-order chi connectivity index (χ1) is 10.9. The number of anilines is 1. The molecule has 2 amide bonds. The summed E-state index contributed by atoms with van der Waals surface area (Å²) in [4.78, 5) is 38.1. The third kappa shape index (κ3) is 4.39. The lowest BCUT2D eigenvalue weighted by molar-refractivity contribution is -0.917. The van der Waals surface area contributed by atoms with Crippen LogP contribution in [0, 0.1) is 0 Å². The summed E-state index contributed by atoms with van der Waals surface area (Å²) in [5.41, 5.74) is 1.22. The highest BCUT2D eigenvalue weighted by atomic mass is 16.2. The second-order valence-corrected chi connectivity index (χ2v) is 6.01. The van der Waals surface area contributed by atoms with Crippen LogP contribution in [0.4, 0.5) is 5.69 Å². The number of carbonyl (C=O) groups excluding carboxylic acids is 3. The van der Waals surface area contributed by atoms with Gasteiger partial charge in [0.1, 0.15) is 0 Å². The lowest BCUT2D eigenvalue weighted by atomic mass is 10.1. The Balaban J connectivity index is 1.94. The topological polar surface area (TPSA) is 70.9 Å². The molecule has 2 rings (SSSR count). The van der Waals surface area contributed by atoms with E-state index in [1.54, 1.807) is 31.2 Å². The second-order valence-electron chi connectivity index (χ2n) is 6.01. The molecule has 1 aromatic rings. The van der Waals surface area contributed by atoms with Crippen LogP contribution in [0.25, 0.3) is 0 Å². The largest absolute Gasteiger partial charge is 0.332 e. The van der Waals surface area contributed by atoms with Gasteiger partial charge in [-0.3, -0.25) is 14.4 Å². The third-order valence-corrected chi connectivity index (χ3v) is 4.39. The smallest absolute Gasteiger partial charge is 0.282 e. The van der Waals surface area contributed by atoms with Gasteiger partial charge in [-0.05, 0) is 26.0 Å². The summed E-state index contributed by atoms with van der Waals surface area (Å²) in [5.74, 6) is -0.0145. The van der Waals surface area contributed by atoms with Crippen molar-refractivity contribution < 1.29 is 19.3 Å². The number of ketones is 1. The summed E-state index contributed by atoms with van der Waals surface area (Å²) in [6.45, 7) is 7.86. The molecule has 2 N–H and O–H groups in total. The third-order valence-electron chi connectivity index (χ3n) is 4.39. The van der Waals surface area contributed by atoms with Crippen LogP contribution < -0.4 is 10.2 Å². The zero-order chi connectivity index (χ0) is 17.0. The average Bonchev–Trinajstić information content (AvgIpc) is 2.54. The molecule has 1 aromatic carbocycles. The molecule has 0 spiro atoms. The first-order valence-corrected chi connectivity index (χ1v) is 7.90. The number of benzene rings is 1. The van der Waals surface area contributed by atoms with Crippen molar-refractivity contribution in [2.24, 2.45) is 0 Å². The van der Waals surface area contributed by atoms with Crippen molar-refractivity contribution in [2.75, 3.05) is 31.5 Å². The van der Waals surface area contributed by atoms with Gasteiger partial charge >= 0.3 is 0 Å². The molecule has 1 saturated heterocycles. The summed E-state index contributed by atoms with van der Waals surface area (Å²) >= 11 is 0. The zero-order valence-corrected chi connectivity index (χ0v) is 13.9. The number of rotatable bonds is 4. The number of amides is 2. The molecule has 23 heavy (non-hydrogen) atoms. The van der Waals surface area contributed by atoms with Crippen molar-refractivity contribution >= 4 is 23.3 Å². The minimum atomic E-state index is -0.204. The molecular weight excluding hydrogens is 294 g/mol. The van der Waals surface area contributed by atoms with Crippen molar-refractivity contribution in [1.29, 1.82) is 0 Å². The minimum absolute atomic E-state index is 0.0277. The summed E-state index contributed by atoms with van der Waals surface area (Å²) in [5, 5.41) is 2.88. The molecule has 1 atom stereocenters. The van der Waals surface area contributed by atoms with Gasteiger partial charge in [0.05, 0.1) is 26.2 Å². The second kappa shape index (κ2) is 7.37. The van der Waals surface area contributed by atoms with Gasteiger partial charge in [-0.2, -0.15) is 0 Å². The predicted molar refractivity (Wildman–Crippen MR) is 87.5 cm³/mol. The Morgan fingerprint density at radius 1 is 1.17 bits per heavy atom. The average molecular weight is 318 g/mol. The van der Waals surface area contributed by atoms with E-state index in [0.29, 0.717) is 24.3 Å². The highest BCUT2D eigenvalue weighted by Crippen LogP contribution is 2.11. The quantitative estimate of drug-likeness (QED) is 0.766. The maximum atomic E-state index is 12.4. The number of hydrogen-bond donors (Lipinski definition) is 2. The fourth-order valence-corrected chi connectivity index (χ4v) is 2.79. The Morgan fingerprint density at radius 3 is 2.39 bits per heavy atom. The number of quaternary nitrogens is 1. The normalized spacial score (nSPS) is 16.7. The molecule has 1 heterocycles. The molecule has 124 valence electrons. The van der Waals surface area contributed by atoms with Gasteiger partial charge in [0, 0.05) is 18.2 Å². The van der Waals surface area contributed by atoms with Gasteiger partial charge in [0.15, 0.2) is 11.8 Å². The summed E-state index contributed by atoms with van der Waals surface area (Å²) < 4.78 is 0. The molecule has 1 fully saturated rings. The molecule has 0 bridgehead atoms. The monoisotopic (exact) mass is 318 g/mol. The van der Waals surface area contributed by atoms with Crippen molar-refractivity contribution in [3.63, 3.8) is 0 Å².